The fourth-order valence-electron chi connectivity index (χ4n) is 0.715. The van der Waals surface area contributed by atoms with E-state index in [1.54, 1.807) is 0 Å². The molecule has 4 N–H and O–H groups in total. The first-order valence-corrected chi connectivity index (χ1v) is 3.90. The Balaban J connectivity index is 2.85. The van der Waals surface area contributed by atoms with Crippen molar-refractivity contribution in [1.82, 2.24) is 5.32 Å². The minimum absolute atomic E-state index is 0.197. The lowest BCUT2D eigenvalue weighted by Crippen LogP contribution is -2.19. The van der Waals surface area contributed by atoms with Crippen molar-refractivity contribution < 1.29 is 9.90 Å². The van der Waals surface area contributed by atoms with Crippen molar-refractivity contribution in [3.8, 4) is 0 Å². The second-order valence-electron chi connectivity index (χ2n) is 2.39. The van der Waals surface area contributed by atoms with Crippen LogP contribution in [-0.2, 0) is 4.79 Å². The van der Waals surface area contributed by atoms with Gasteiger partial charge in [-0.15, -0.1) is 0 Å². The summed E-state index contributed by atoms with van der Waals surface area (Å²) in [6, 6.07) is 0. The average Bonchev–Trinajstić information content (AvgIpc) is 1.96. The third-order valence-electron chi connectivity index (χ3n) is 1.32. The van der Waals surface area contributed by atoms with Gasteiger partial charge in [-0.25, -0.2) is 0 Å². The Kier molecular flexibility index (Phi) is 7.08. The van der Waals surface area contributed by atoms with Gasteiger partial charge in [0.2, 0.25) is 0 Å². The SMILES string of the molecule is NCCCCNCCC(=O)O. The second kappa shape index (κ2) is 7.50. The predicted octanol–water partition coefficient (Wildman–Crippen LogP) is -0.210. The van der Waals surface area contributed by atoms with Gasteiger partial charge in [0.1, 0.15) is 0 Å². The molecular weight excluding hydrogens is 144 g/mol. The maximum absolute atomic E-state index is 10.0. The molecule has 0 fully saturated rings. The van der Waals surface area contributed by atoms with Gasteiger partial charge in [-0.2, -0.15) is 0 Å². The van der Waals surface area contributed by atoms with E-state index in [9.17, 15) is 4.79 Å². The third-order valence-corrected chi connectivity index (χ3v) is 1.32. The summed E-state index contributed by atoms with van der Waals surface area (Å²) in [5.41, 5.74) is 5.27. The van der Waals surface area contributed by atoms with Gasteiger partial charge < -0.3 is 16.2 Å². The Hall–Kier alpha value is -0.610. The number of carbonyl (C=O) groups is 1. The van der Waals surface area contributed by atoms with Crippen molar-refractivity contribution in [3.63, 3.8) is 0 Å². The summed E-state index contributed by atoms with van der Waals surface area (Å²) in [5.74, 6) is -0.753. The predicted molar refractivity (Wildman–Crippen MR) is 43.4 cm³/mol. The van der Waals surface area contributed by atoms with Gasteiger partial charge in [0.15, 0.2) is 0 Å². The van der Waals surface area contributed by atoms with E-state index in [0.29, 0.717) is 13.1 Å². The maximum Gasteiger partial charge on any atom is 0.304 e. The molecule has 0 aliphatic rings. The van der Waals surface area contributed by atoms with Crippen molar-refractivity contribution in [2.75, 3.05) is 19.6 Å². The number of nitrogens with one attached hydrogen (secondary N) is 1. The standard InChI is InChI=1S/C7H16N2O2/c8-4-1-2-5-9-6-3-7(10)11/h9H,1-6,8H2,(H,10,11). The molecule has 0 bridgehead atoms. The van der Waals surface area contributed by atoms with Crippen LogP contribution in [0.5, 0.6) is 0 Å². The van der Waals surface area contributed by atoms with Crippen molar-refractivity contribution in [1.29, 1.82) is 0 Å². The lowest BCUT2D eigenvalue weighted by molar-refractivity contribution is -0.136. The first-order valence-electron chi connectivity index (χ1n) is 3.90. The molecule has 0 heterocycles. The largest absolute Gasteiger partial charge is 0.481 e. The lowest BCUT2D eigenvalue weighted by Gasteiger charge is -2.00. The molecule has 0 saturated carbocycles. The molecule has 11 heavy (non-hydrogen) atoms. The van der Waals surface area contributed by atoms with Crippen LogP contribution < -0.4 is 11.1 Å². The molecule has 0 spiro atoms. The highest BCUT2D eigenvalue weighted by Crippen LogP contribution is 1.82. The summed E-state index contributed by atoms with van der Waals surface area (Å²) in [6.07, 6.45) is 2.22. The smallest absolute Gasteiger partial charge is 0.304 e. The van der Waals surface area contributed by atoms with Gasteiger partial charge in [0.25, 0.3) is 0 Å². The van der Waals surface area contributed by atoms with Crippen LogP contribution >= 0.6 is 0 Å². The van der Waals surface area contributed by atoms with Gasteiger partial charge in [0.05, 0.1) is 6.42 Å². The number of nitrogens with two attached hydrogens (primary N) is 1. The van der Waals surface area contributed by atoms with E-state index in [4.69, 9.17) is 10.8 Å². The summed E-state index contributed by atoms with van der Waals surface area (Å²) >= 11 is 0. The summed E-state index contributed by atoms with van der Waals surface area (Å²) in [6.45, 7) is 2.13. The highest BCUT2D eigenvalue weighted by molar-refractivity contribution is 5.66. The minimum atomic E-state index is -0.753. The van der Waals surface area contributed by atoms with Gasteiger partial charge in [-0.05, 0) is 25.9 Å². The molecular formula is C7H16N2O2. The molecule has 0 saturated heterocycles. The Morgan fingerprint density at radius 3 is 2.64 bits per heavy atom. The number of hydrogen-bond acceptors (Lipinski definition) is 3. The van der Waals surface area contributed by atoms with Crippen LogP contribution in [0.1, 0.15) is 19.3 Å². The molecule has 0 unspecified atom stereocenters. The van der Waals surface area contributed by atoms with Crippen LogP contribution in [0.25, 0.3) is 0 Å². The summed E-state index contributed by atoms with van der Waals surface area (Å²) in [5, 5.41) is 11.3. The van der Waals surface area contributed by atoms with Crippen molar-refractivity contribution in [2.45, 2.75) is 19.3 Å². The number of carboxylic acids is 1. The molecule has 0 amide bonds. The molecule has 0 radical (unpaired) electrons. The fourth-order valence-corrected chi connectivity index (χ4v) is 0.715. The molecule has 66 valence electrons. The van der Waals surface area contributed by atoms with Gasteiger partial charge in [-0.3, -0.25) is 4.79 Å². The highest BCUT2D eigenvalue weighted by Gasteiger charge is 1.93. The maximum atomic E-state index is 10.0. The summed E-state index contributed by atoms with van der Waals surface area (Å²) in [4.78, 5) is 10.0. The Morgan fingerprint density at radius 2 is 2.09 bits per heavy atom. The van der Waals surface area contributed by atoms with Gasteiger partial charge in [0, 0.05) is 6.54 Å². The lowest BCUT2D eigenvalue weighted by atomic mass is 10.3. The molecule has 0 atom stereocenters. The zero-order valence-electron chi connectivity index (χ0n) is 6.68. The van der Waals surface area contributed by atoms with Crippen LogP contribution in [0.3, 0.4) is 0 Å². The molecule has 4 nitrogen and oxygen atoms in total. The van der Waals surface area contributed by atoms with E-state index in [1.807, 2.05) is 0 Å². The molecule has 0 aliphatic carbocycles. The van der Waals surface area contributed by atoms with E-state index in [1.165, 1.54) is 0 Å². The number of aliphatic carboxylic acids is 1. The summed E-state index contributed by atoms with van der Waals surface area (Å²) in [7, 11) is 0. The number of unbranched alkanes of at least 4 members (excludes halogenated alkanes) is 1. The Morgan fingerprint density at radius 1 is 1.36 bits per heavy atom. The van der Waals surface area contributed by atoms with Crippen LogP contribution in [0.4, 0.5) is 0 Å². The van der Waals surface area contributed by atoms with Gasteiger partial charge in [-0.1, -0.05) is 0 Å². The van der Waals surface area contributed by atoms with Crippen LogP contribution in [-0.4, -0.2) is 30.7 Å². The number of rotatable bonds is 7. The van der Waals surface area contributed by atoms with E-state index in [-0.39, 0.29) is 6.42 Å². The molecule has 0 aromatic rings. The van der Waals surface area contributed by atoms with Gasteiger partial charge >= 0.3 is 5.97 Å². The van der Waals surface area contributed by atoms with Crippen molar-refractivity contribution in [2.24, 2.45) is 5.73 Å². The Bertz CT molecular complexity index is 107. The molecule has 0 aromatic carbocycles. The van der Waals surface area contributed by atoms with Crippen LogP contribution in [0.15, 0.2) is 0 Å². The molecule has 4 heteroatoms. The zero-order chi connectivity index (χ0) is 8.53. The first-order chi connectivity index (χ1) is 5.27. The Labute approximate surface area is 66.8 Å². The normalized spacial score (nSPS) is 9.91. The first kappa shape index (κ1) is 10.4. The van der Waals surface area contributed by atoms with Crippen LogP contribution in [0.2, 0.25) is 0 Å². The number of carboxylic acid groups (broad SMARTS) is 1. The average molecular weight is 160 g/mol. The fraction of sp³-hybridized carbons (Fsp3) is 0.857. The minimum Gasteiger partial charge on any atom is -0.481 e. The second-order valence-corrected chi connectivity index (χ2v) is 2.39. The monoisotopic (exact) mass is 160 g/mol. The quantitative estimate of drug-likeness (QED) is 0.450. The van der Waals surface area contributed by atoms with Crippen molar-refractivity contribution in [3.05, 3.63) is 0 Å². The molecule has 0 aromatic heterocycles. The molecule has 0 rings (SSSR count). The van der Waals surface area contributed by atoms with E-state index in [0.717, 1.165) is 19.4 Å². The molecule has 0 aliphatic heterocycles. The zero-order valence-corrected chi connectivity index (χ0v) is 6.68. The topological polar surface area (TPSA) is 75.3 Å². The van der Waals surface area contributed by atoms with Crippen LogP contribution in [0, 0.1) is 0 Å². The number of hydrogen-bond donors (Lipinski definition) is 3. The van der Waals surface area contributed by atoms with E-state index in [2.05, 4.69) is 5.32 Å². The third kappa shape index (κ3) is 9.39. The summed E-state index contributed by atoms with van der Waals surface area (Å²) < 4.78 is 0. The van der Waals surface area contributed by atoms with E-state index >= 15 is 0 Å². The highest BCUT2D eigenvalue weighted by atomic mass is 16.4. The van der Waals surface area contributed by atoms with Crippen molar-refractivity contribution >= 4 is 5.97 Å². The van der Waals surface area contributed by atoms with E-state index < -0.39 is 5.97 Å².